The average molecular weight is 894 g/mol. The SMILES string of the molecule is C=Cc1c(/C=C/N(c2ccc(-c3ccccc3)cc2)c2ccc(-c3ccc4c(c3)c3ccccc3n4-c3ccccc3)cc2)oc2cc(-c3cc4c5ccccc5n5c6ccccc6c(c3)c45)ccc12. The fraction of sp³-hybridized carbons (Fsp3) is 0. The predicted molar refractivity (Wildman–Crippen MR) is 296 cm³/mol. The van der Waals surface area contributed by atoms with Gasteiger partial charge in [-0.2, -0.15) is 0 Å². The van der Waals surface area contributed by atoms with Gasteiger partial charge >= 0.3 is 0 Å². The largest absolute Gasteiger partial charge is 0.456 e. The van der Waals surface area contributed by atoms with Crippen molar-refractivity contribution in [3.05, 3.63) is 255 Å². The monoisotopic (exact) mass is 893 g/mol. The minimum Gasteiger partial charge on any atom is -0.456 e. The summed E-state index contributed by atoms with van der Waals surface area (Å²) in [5.41, 5.74) is 18.0. The minimum absolute atomic E-state index is 0.749. The summed E-state index contributed by atoms with van der Waals surface area (Å²) < 4.78 is 11.6. The number of fused-ring (bicyclic) bond motifs is 10. The third kappa shape index (κ3) is 6.24. The molecule has 0 N–H and O–H groups in total. The zero-order chi connectivity index (χ0) is 46.3. The maximum absolute atomic E-state index is 6.80. The number of rotatable bonds is 9. The molecule has 4 nitrogen and oxygen atoms in total. The third-order valence-corrected chi connectivity index (χ3v) is 14.3. The third-order valence-electron chi connectivity index (χ3n) is 14.3. The number of para-hydroxylation sites is 4. The Morgan fingerprint density at radius 1 is 0.386 bits per heavy atom. The first-order valence-electron chi connectivity index (χ1n) is 23.9. The van der Waals surface area contributed by atoms with Gasteiger partial charge in [-0.15, -0.1) is 0 Å². The predicted octanol–water partition coefficient (Wildman–Crippen LogP) is 18.1. The first-order valence-corrected chi connectivity index (χ1v) is 23.9. The quantitative estimate of drug-likeness (QED) is 0.144. The number of aromatic nitrogens is 2. The summed E-state index contributed by atoms with van der Waals surface area (Å²) in [6, 6.07) is 83.0. The fourth-order valence-electron chi connectivity index (χ4n) is 11.0. The highest BCUT2D eigenvalue weighted by Gasteiger charge is 2.20. The van der Waals surface area contributed by atoms with Crippen LogP contribution in [0.3, 0.4) is 0 Å². The number of furan rings is 1. The molecule has 14 rings (SSSR count). The summed E-state index contributed by atoms with van der Waals surface area (Å²) in [5, 5.41) is 8.53. The highest BCUT2D eigenvalue weighted by Crippen LogP contribution is 2.43. The second kappa shape index (κ2) is 15.9. The Bertz CT molecular complexity index is 4260. The Kier molecular flexibility index (Phi) is 9.01. The Labute approximate surface area is 404 Å². The van der Waals surface area contributed by atoms with Crippen molar-refractivity contribution in [2.45, 2.75) is 0 Å². The van der Waals surface area contributed by atoms with E-state index in [1.54, 1.807) is 0 Å². The number of nitrogens with zero attached hydrogens (tertiary/aromatic N) is 3. The molecule has 0 fully saturated rings. The molecule has 14 aromatic rings. The first kappa shape index (κ1) is 39.8. The Morgan fingerprint density at radius 2 is 0.871 bits per heavy atom. The van der Waals surface area contributed by atoms with Gasteiger partial charge in [0.1, 0.15) is 11.3 Å². The molecule has 0 radical (unpaired) electrons. The average Bonchev–Trinajstić information content (AvgIpc) is 4.17. The Hall–Kier alpha value is -9.38. The number of hydrogen-bond donors (Lipinski definition) is 0. The zero-order valence-corrected chi connectivity index (χ0v) is 38.1. The van der Waals surface area contributed by atoms with Crippen LogP contribution >= 0.6 is 0 Å². The van der Waals surface area contributed by atoms with Crippen LogP contribution in [0.25, 0.3) is 122 Å². The van der Waals surface area contributed by atoms with Crippen molar-refractivity contribution in [3.63, 3.8) is 0 Å². The van der Waals surface area contributed by atoms with Crippen LogP contribution in [-0.2, 0) is 0 Å². The molecule has 4 aromatic heterocycles. The number of benzene rings is 10. The van der Waals surface area contributed by atoms with E-state index in [1.807, 2.05) is 6.08 Å². The van der Waals surface area contributed by atoms with E-state index in [4.69, 9.17) is 4.42 Å². The van der Waals surface area contributed by atoms with Crippen LogP contribution in [0.4, 0.5) is 11.4 Å². The molecule has 70 heavy (non-hydrogen) atoms. The van der Waals surface area contributed by atoms with Crippen molar-refractivity contribution in [2.24, 2.45) is 0 Å². The van der Waals surface area contributed by atoms with Crippen LogP contribution in [0.2, 0.25) is 0 Å². The molecule has 0 saturated carbocycles. The molecule has 4 heterocycles. The molecule has 0 atom stereocenters. The van der Waals surface area contributed by atoms with Gasteiger partial charge in [0.15, 0.2) is 0 Å². The molecule has 0 aliphatic rings. The van der Waals surface area contributed by atoms with Crippen LogP contribution in [0, 0.1) is 0 Å². The molecule has 0 saturated heterocycles. The Morgan fingerprint density at radius 3 is 1.51 bits per heavy atom. The molecule has 0 unspecified atom stereocenters. The molecule has 0 aliphatic heterocycles. The van der Waals surface area contributed by atoms with Gasteiger partial charge in [-0.3, -0.25) is 0 Å². The fourth-order valence-corrected chi connectivity index (χ4v) is 11.0. The van der Waals surface area contributed by atoms with Crippen LogP contribution in [0.1, 0.15) is 11.3 Å². The molecule has 4 heteroatoms. The van der Waals surface area contributed by atoms with Crippen molar-refractivity contribution in [1.82, 2.24) is 8.97 Å². The highest BCUT2D eigenvalue weighted by molar-refractivity contribution is 6.24. The van der Waals surface area contributed by atoms with E-state index < -0.39 is 0 Å². The highest BCUT2D eigenvalue weighted by atomic mass is 16.3. The van der Waals surface area contributed by atoms with Crippen molar-refractivity contribution >= 4 is 94.4 Å². The maximum atomic E-state index is 6.80. The second-order valence-electron chi connectivity index (χ2n) is 18.2. The Balaban J connectivity index is 0.844. The maximum Gasteiger partial charge on any atom is 0.136 e. The normalized spacial score (nSPS) is 12.0. The lowest BCUT2D eigenvalue weighted by atomic mass is 9.98. The van der Waals surface area contributed by atoms with E-state index in [0.717, 1.165) is 61.6 Å². The van der Waals surface area contributed by atoms with Gasteiger partial charge in [-0.1, -0.05) is 152 Å². The van der Waals surface area contributed by atoms with Crippen molar-refractivity contribution in [2.75, 3.05) is 4.90 Å². The molecule has 0 spiro atoms. The lowest BCUT2D eigenvalue weighted by molar-refractivity contribution is 0.603. The summed E-state index contributed by atoms with van der Waals surface area (Å²) in [6.45, 7) is 4.26. The lowest BCUT2D eigenvalue weighted by Gasteiger charge is -2.22. The lowest BCUT2D eigenvalue weighted by Crippen LogP contribution is -2.08. The van der Waals surface area contributed by atoms with E-state index in [-0.39, 0.29) is 0 Å². The van der Waals surface area contributed by atoms with Crippen LogP contribution in [-0.4, -0.2) is 8.97 Å². The molecule has 10 aromatic carbocycles. The number of hydrogen-bond acceptors (Lipinski definition) is 2. The minimum atomic E-state index is 0.749. The van der Waals surface area contributed by atoms with Gasteiger partial charge in [0.05, 0.1) is 27.6 Å². The van der Waals surface area contributed by atoms with Gasteiger partial charge < -0.3 is 18.3 Å². The zero-order valence-electron chi connectivity index (χ0n) is 38.1. The topological polar surface area (TPSA) is 25.7 Å². The van der Waals surface area contributed by atoms with Gasteiger partial charge in [-0.25, -0.2) is 0 Å². The van der Waals surface area contributed by atoms with Gasteiger partial charge in [0.25, 0.3) is 0 Å². The molecule has 0 bridgehead atoms. The van der Waals surface area contributed by atoms with E-state index in [9.17, 15) is 0 Å². The standard InChI is InChI=1S/C66H43N3O/c1-2-52-56-35-29-47(48-40-58-54-20-10-13-23-61(54)69-62-24-14-11-21-55(62)59(41-48)66(58)69)42-65(56)70-64(52)37-38-67(49-31-25-44(26-32-49)43-15-5-3-6-16-43)50-33-27-45(28-34-50)46-30-36-63-57(39-46)53-19-9-12-22-60(53)68(63)51-17-7-4-8-18-51/h2-42H,1H2/b38-37+. The van der Waals surface area contributed by atoms with Crippen LogP contribution < -0.4 is 4.90 Å². The van der Waals surface area contributed by atoms with Crippen LogP contribution in [0.5, 0.6) is 0 Å². The molecule has 0 amide bonds. The van der Waals surface area contributed by atoms with E-state index in [0.29, 0.717) is 0 Å². The van der Waals surface area contributed by atoms with Crippen molar-refractivity contribution in [1.29, 1.82) is 0 Å². The van der Waals surface area contributed by atoms with Crippen molar-refractivity contribution < 1.29 is 4.42 Å². The summed E-state index contributed by atoms with van der Waals surface area (Å²) in [4.78, 5) is 2.23. The van der Waals surface area contributed by atoms with E-state index >= 15 is 0 Å². The first-order chi connectivity index (χ1) is 34.7. The summed E-state index contributed by atoms with van der Waals surface area (Å²) in [5.74, 6) is 0.749. The smallest absolute Gasteiger partial charge is 0.136 e. The van der Waals surface area contributed by atoms with Crippen LogP contribution in [0.15, 0.2) is 248 Å². The summed E-state index contributed by atoms with van der Waals surface area (Å²) in [7, 11) is 0. The summed E-state index contributed by atoms with van der Waals surface area (Å²) in [6.07, 6.45) is 6.10. The van der Waals surface area contributed by atoms with Gasteiger partial charge in [0.2, 0.25) is 0 Å². The number of anilines is 2. The second-order valence-corrected chi connectivity index (χ2v) is 18.2. The summed E-state index contributed by atoms with van der Waals surface area (Å²) >= 11 is 0. The molecular weight excluding hydrogens is 851 g/mol. The van der Waals surface area contributed by atoms with E-state index in [1.165, 1.54) is 71.0 Å². The van der Waals surface area contributed by atoms with E-state index in [2.05, 4.69) is 263 Å². The van der Waals surface area contributed by atoms with Gasteiger partial charge in [-0.05, 0) is 130 Å². The van der Waals surface area contributed by atoms with Crippen molar-refractivity contribution in [3.8, 4) is 39.1 Å². The molecule has 328 valence electrons. The molecular formula is C66H43N3O. The van der Waals surface area contributed by atoms with Gasteiger partial charge in [0, 0.05) is 66.5 Å². The molecule has 0 aliphatic carbocycles.